The lowest BCUT2D eigenvalue weighted by Crippen LogP contribution is -2.49. The lowest BCUT2D eigenvalue weighted by molar-refractivity contribution is -0.155. The smallest absolute Gasteiger partial charge is 0.327 e. The number of ether oxygens (including phenoxy) is 1. The third kappa shape index (κ3) is 6.66. The normalized spacial score (nSPS) is 13.5. The predicted octanol–water partition coefficient (Wildman–Crippen LogP) is 2.28. The molecule has 0 radical (unpaired) electrons. The third-order valence-corrected chi connectivity index (χ3v) is 7.00. The van der Waals surface area contributed by atoms with Gasteiger partial charge in [0.2, 0.25) is 10.0 Å². The first-order chi connectivity index (χ1) is 14.0. The van der Waals surface area contributed by atoms with Crippen LogP contribution >= 0.6 is 34.5 Å². The second-order valence-electron chi connectivity index (χ2n) is 6.35. The molecule has 8 nitrogen and oxygen atoms in total. The summed E-state index contributed by atoms with van der Waals surface area (Å²) in [6.45, 7) is 0.963. The maximum Gasteiger partial charge on any atom is 0.327 e. The molecule has 1 aromatic carbocycles. The molecule has 1 amide bonds. The number of carbonyl (C=O) groups is 2. The van der Waals surface area contributed by atoms with Gasteiger partial charge in [0.05, 0.1) is 27.6 Å². The number of hydrogen-bond acceptors (Lipinski definition) is 7. The van der Waals surface area contributed by atoms with Crippen molar-refractivity contribution in [1.29, 1.82) is 0 Å². The number of sulfonamides is 1. The Morgan fingerprint density at radius 1 is 1.27 bits per heavy atom. The summed E-state index contributed by atoms with van der Waals surface area (Å²) >= 11 is 13.1. The fourth-order valence-corrected chi connectivity index (χ4v) is 4.68. The number of aliphatic hydroxyl groups excluding tert-OH is 1. The summed E-state index contributed by atoms with van der Waals surface area (Å²) in [5, 5.41) is 11.9. The number of nitrogens with zero attached hydrogens (tertiary/aromatic N) is 1. The Kier molecular flexibility index (Phi) is 8.65. The van der Waals surface area contributed by atoms with Crippen molar-refractivity contribution in [3.8, 4) is 0 Å². The number of thiophene rings is 1. The number of benzene rings is 1. The Hall–Kier alpha value is -1.69. The number of carbonyl (C=O) groups excluding carboxylic acids is 2. The zero-order valence-corrected chi connectivity index (χ0v) is 19.2. The van der Waals surface area contributed by atoms with Gasteiger partial charge < -0.3 is 14.7 Å². The lowest BCUT2D eigenvalue weighted by atomic mass is 10.2. The minimum Gasteiger partial charge on any atom is -0.454 e. The second-order valence-corrected chi connectivity index (χ2v) is 9.91. The van der Waals surface area contributed by atoms with Crippen molar-refractivity contribution in [2.75, 3.05) is 13.7 Å². The van der Waals surface area contributed by atoms with Gasteiger partial charge in [0.1, 0.15) is 6.04 Å². The first-order valence-electron chi connectivity index (χ1n) is 8.59. The second kappa shape index (κ2) is 10.6. The van der Waals surface area contributed by atoms with Crippen LogP contribution in [0, 0.1) is 0 Å². The monoisotopic (exact) mass is 494 g/mol. The highest BCUT2D eigenvalue weighted by atomic mass is 35.5. The molecule has 2 rings (SSSR count). The Morgan fingerprint density at radius 2 is 1.97 bits per heavy atom. The van der Waals surface area contributed by atoms with Gasteiger partial charge >= 0.3 is 5.97 Å². The molecule has 0 aliphatic rings. The Balaban J connectivity index is 2.01. The van der Waals surface area contributed by atoms with Crippen LogP contribution in [-0.2, 0) is 30.9 Å². The van der Waals surface area contributed by atoms with Gasteiger partial charge in [0, 0.05) is 11.9 Å². The van der Waals surface area contributed by atoms with Crippen LogP contribution in [0.15, 0.2) is 40.6 Å². The van der Waals surface area contributed by atoms with Gasteiger partial charge in [0.15, 0.2) is 6.61 Å². The SMILES string of the molecule is C[C@H](O)[C@H](NS(=O)(=O)c1ccc(Cl)c(Cl)c1)C(=O)OCC(=O)N(C)Cc1cccs1. The molecule has 1 heterocycles. The quantitative estimate of drug-likeness (QED) is 0.517. The van der Waals surface area contributed by atoms with Gasteiger partial charge in [-0.3, -0.25) is 9.59 Å². The average Bonchev–Trinajstić information content (AvgIpc) is 3.18. The highest BCUT2D eigenvalue weighted by Crippen LogP contribution is 2.25. The van der Waals surface area contributed by atoms with Crippen molar-refractivity contribution in [1.82, 2.24) is 9.62 Å². The number of likely N-dealkylation sites (N-methyl/N-ethyl adjacent to an activating group) is 1. The largest absolute Gasteiger partial charge is 0.454 e. The van der Waals surface area contributed by atoms with Gasteiger partial charge in [-0.1, -0.05) is 29.3 Å². The summed E-state index contributed by atoms with van der Waals surface area (Å²) in [6.07, 6.45) is -1.42. The van der Waals surface area contributed by atoms with Crippen LogP contribution in [0.3, 0.4) is 0 Å². The summed E-state index contributed by atoms with van der Waals surface area (Å²) in [7, 11) is -2.68. The zero-order chi connectivity index (χ0) is 22.5. The highest BCUT2D eigenvalue weighted by Gasteiger charge is 2.31. The fraction of sp³-hybridized carbons (Fsp3) is 0.333. The van der Waals surface area contributed by atoms with Gasteiger partial charge in [0.25, 0.3) is 5.91 Å². The number of halogens is 2. The standard InChI is InChI=1S/C18H20Cl2N2O6S2/c1-11(23)17(21-30(26,27)13-5-6-14(19)15(20)8-13)18(25)28-10-16(24)22(2)9-12-4-3-7-29-12/h3-8,11,17,21,23H,9-10H2,1-2H3/t11-,17-/m0/s1. The van der Waals surface area contributed by atoms with E-state index in [1.165, 1.54) is 35.3 Å². The molecule has 0 unspecified atom stereocenters. The van der Waals surface area contributed by atoms with Crippen molar-refractivity contribution in [2.24, 2.45) is 0 Å². The van der Waals surface area contributed by atoms with E-state index in [1.54, 1.807) is 7.05 Å². The summed E-state index contributed by atoms with van der Waals surface area (Å²) in [6, 6.07) is 5.69. The molecule has 0 bridgehead atoms. The van der Waals surface area contributed by atoms with E-state index in [-0.39, 0.29) is 14.9 Å². The lowest BCUT2D eigenvalue weighted by Gasteiger charge is -2.21. The maximum atomic E-state index is 12.5. The molecule has 0 spiro atoms. The van der Waals surface area contributed by atoms with Crippen LogP contribution in [0.25, 0.3) is 0 Å². The first kappa shape index (κ1) is 24.6. The van der Waals surface area contributed by atoms with Crippen LogP contribution in [0.4, 0.5) is 0 Å². The first-order valence-corrected chi connectivity index (χ1v) is 11.7. The Morgan fingerprint density at radius 3 is 2.53 bits per heavy atom. The van der Waals surface area contributed by atoms with Crippen molar-refractivity contribution < 1.29 is 27.9 Å². The van der Waals surface area contributed by atoms with Crippen molar-refractivity contribution >= 4 is 56.4 Å². The van der Waals surface area contributed by atoms with Crippen molar-refractivity contribution in [2.45, 2.75) is 30.5 Å². The Bertz CT molecular complexity index is 996. The van der Waals surface area contributed by atoms with Crippen molar-refractivity contribution in [3.63, 3.8) is 0 Å². The average molecular weight is 495 g/mol. The van der Waals surface area contributed by atoms with Gasteiger partial charge in [-0.15, -0.1) is 11.3 Å². The summed E-state index contributed by atoms with van der Waals surface area (Å²) in [5.74, 6) is -1.57. The molecule has 0 fully saturated rings. The van der Waals surface area contributed by atoms with Gasteiger partial charge in [-0.05, 0) is 36.6 Å². The number of aliphatic hydroxyl groups is 1. The minimum absolute atomic E-state index is 0.00934. The van der Waals surface area contributed by atoms with E-state index < -0.39 is 40.7 Å². The van der Waals surface area contributed by atoms with Crippen LogP contribution in [0.2, 0.25) is 10.0 Å². The molecule has 2 N–H and O–H groups in total. The number of esters is 1. The molecule has 1 aromatic heterocycles. The molecular formula is C18H20Cl2N2O6S2. The van der Waals surface area contributed by atoms with Crippen LogP contribution in [0.1, 0.15) is 11.8 Å². The van der Waals surface area contributed by atoms with Gasteiger partial charge in [-0.25, -0.2) is 8.42 Å². The van der Waals surface area contributed by atoms with Crippen LogP contribution in [0.5, 0.6) is 0 Å². The maximum absolute atomic E-state index is 12.5. The van der Waals surface area contributed by atoms with E-state index in [9.17, 15) is 23.1 Å². The third-order valence-electron chi connectivity index (χ3n) is 3.96. The summed E-state index contributed by atoms with van der Waals surface area (Å²) < 4.78 is 32.1. The molecule has 30 heavy (non-hydrogen) atoms. The fourth-order valence-electron chi connectivity index (χ4n) is 2.28. The molecule has 0 aliphatic heterocycles. The number of amides is 1. The van der Waals surface area contributed by atoms with Crippen LogP contribution < -0.4 is 4.72 Å². The van der Waals surface area contributed by atoms with E-state index in [2.05, 4.69) is 4.72 Å². The molecule has 2 atom stereocenters. The molecule has 0 saturated heterocycles. The molecular weight excluding hydrogens is 475 g/mol. The highest BCUT2D eigenvalue weighted by molar-refractivity contribution is 7.89. The number of nitrogens with one attached hydrogen (secondary N) is 1. The van der Waals surface area contributed by atoms with Crippen molar-refractivity contribution in [3.05, 3.63) is 50.6 Å². The van der Waals surface area contributed by atoms with E-state index in [0.29, 0.717) is 6.54 Å². The zero-order valence-electron chi connectivity index (χ0n) is 16.0. The molecule has 164 valence electrons. The summed E-state index contributed by atoms with van der Waals surface area (Å²) in [5.41, 5.74) is 0. The van der Waals surface area contributed by atoms with E-state index in [4.69, 9.17) is 27.9 Å². The predicted molar refractivity (Wildman–Crippen MR) is 114 cm³/mol. The van der Waals surface area contributed by atoms with Crippen LogP contribution in [-0.4, -0.2) is 56.1 Å². The molecule has 0 saturated carbocycles. The molecule has 0 aliphatic carbocycles. The number of rotatable bonds is 9. The summed E-state index contributed by atoms with van der Waals surface area (Å²) in [4.78, 5) is 26.6. The van der Waals surface area contributed by atoms with E-state index in [0.717, 1.165) is 10.9 Å². The topological polar surface area (TPSA) is 113 Å². The molecule has 12 heteroatoms. The van der Waals surface area contributed by atoms with E-state index >= 15 is 0 Å². The Labute approximate surface area is 188 Å². The molecule has 2 aromatic rings. The minimum atomic E-state index is -4.23. The van der Waals surface area contributed by atoms with Gasteiger partial charge in [-0.2, -0.15) is 4.72 Å². The number of hydrogen-bond donors (Lipinski definition) is 2. The van der Waals surface area contributed by atoms with E-state index in [1.807, 2.05) is 17.5 Å².